The summed E-state index contributed by atoms with van der Waals surface area (Å²) in [5.74, 6) is -2.04. The summed E-state index contributed by atoms with van der Waals surface area (Å²) in [5.41, 5.74) is 3.30. The van der Waals surface area contributed by atoms with Crippen LogP contribution in [0.2, 0.25) is 0 Å². The molecular weight excluding hydrogens is 622 g/mol. The van der Waals surface area contributed by atoms with Gasteiger partial charge in [-0.25, -0.2) is 13.6 Å². The van der Waals surface area contributed by atoms with Gasteiger partial charge in [-0.3, -0.25) is 9.59 Å². The van der Waals surface area contributed by atoms with Crippen LogP contribution >= 0.6 is 0 Å². The summed E-state index contributed by atoms with van der Waals surface area (Å²) in [7, 11) is 4.01. The summed E-state index contributed by atoms with van der Waals surface area (Å²) in [6.45, 7) is 2.78. The lowest BCUT2D eigenvalue weighted by molar-refractivity contribution is -0.127. The molecule has 3 aromatic rings. The molecule has 0 radical (unpaired) electrons. The smallest absolute Gasteiger partial charge is 0.275 e. The van der Waals surface area contributed by atoms with Gasteiger partial charge in [-0.05, 0) is 63.2 Å². The quantitative estimate of drug-likeness (QED) is 0.239. The van der Waals surface area contributed by atoms with Gasteiger partial charge in [0.25, 0.3) is 11.8 Å². The van der Waals surface area contributed by atoms with E-state index in [1.807, 2.05) is 63.5 Å². The molecule has 6 rings (SSSR count). The molecule has 1 N–H and O–H groups in total. The van der Waals surface area contributed by atoms with E-state index in [9.17, 15) is 14.4 Å². The predicted octanol–water partition coefficient (Wildman–Crippen LogP) is 6.57. The molecule has 9 heteroatoms. The van der Waals surface area contributed by atoms with Crippen molar-refractivity contribution in [2.45, 2.75) is 44.2 Å². The molecule has 2 heterocycles. The molecule has 49 heavy (non-hydrogen) atoms. The molecule has 3 aliphatic rings. The molecule has 1 saturated heterocycles. The molecule has 7 nitrogen and oxygen atoms in total. The van der Waals surface area contributed by atoms with Gasteiger partial charge >= 0.3 is 0 Å². The zero-order valence-corrected chi connectivity index (χ0v) is 28.0. The van der Waals surface area contributed by atoms with Crippen molar-refractivity contribution in [2.24, 2.45) is 0 Å². The lowest BCUT2D eigenvalue weighted by Gasteiger charge is -2.35. The van der Waals surface area contributed by atoms with E-state index in [-0.39, 0.29) is 28.8 Å². The fourth-order valence-electron chi connectivity index (χ4n) is 7.04. The van der Waals surface area contributed by atoms with Gasteiger partial charge in [0.2, 0.25) is 5.91 Å². The van der Waals surface area contributed by atoms with Gasteiger partial charge in [0, 0.05) is 71.8 Å². The number of fused-ring (bicyclic) bond motifs is 1. The van der Waals surface area contributed by atoms with Crippen molar-refractivity contribution in [1.82, 2.24) is 9.80 Å². The lowest BCUT2D eigenvalue weighted by Crippen LogP contribution is -2.44. The van der Waals surface area contributed by atoms with Crippen LogP contribution in [-0.4, -0.2) is 79.3 Å². The zero-order valence-electron chi connectivity index (χ0n) is 28.0. The monoisotopic (exact) mass is 662 g/mol. The third-order valence-corrected chi connectivity index (χ3v) is 9.75. The van der Waals surface area contributed by atoms with Gasteiger partial charge < -0.3 is 20.0 Å². The predicted molar refractivity (Wildman–Crippen MR) is 190 cm³/mol. The van der Waals surface area contributed by atoms with Gasteiger partial charge in [-0.15, -0.1) is 0 Å². The van der Waals surface area contributed by atoms with Crippen LogP contribution in [0.5, 0.6) is 0 Å². The number of amides is 2. The number of carbonyl (C=O) groups is 2. The average molecular weight is 663 g/mol. The number of alkyl halides is 2. The normalized spacial score (nSPS) is 20.2. The summed E-state index contributed by atoms with van der Waals surface area (Å²) >= 11 is 0. The van der Waals surface area contributed by atoms with Crippen LogP contribution in [-0.2, 0) is 14.4 Å². The Balaban J connectivity index is 1.39. The van der Waals surface area contributed by atoms with E-state index in [1.54, 1.807) is 58.4 Å². The van der Waals surface area contributed by atoms with Crippen LogP contribution in [0.15, 0.2) is 108 Å². The van der Waals surface area contributed by atoms with Crippen molar-refractivity contribution >= 4 is 40.3 Å². The Kier molecular flexibility index (Phi) is 9.77. The maximum atomic E-state index is 16.2. The fourth-order valence-corrected chi connectivity index (χ4v) is 7.04. The highest BCUT2D eigenvalue weighted by Crippen LogP contribution is 2.46. The molecule has 0 aromatic heterocycles. The van der Waals surface area contributed by atoms with E-state index < -0.39 is 30.2 Å². The Morgan fingerprint density at radius 2 is 1.57 bits per heavy atom. The number of nitrogens with one attached hydrogen (secondary N) is 1. The first-order valence-corrected chi connectivity index (χ1v) is 16.6. The number of para-hydroxylation sites is 2. The van der Waals surface area contributed by atoms with Gasteiger partial charge in [0.05, 0.1) is 11.6 Å². The molecule has 0 spiro atoms. The van der Waals surface area contributed by atoms with Gasteiger partial charge in [0.1, 0.15) is 5.94 Å². The van der Waals surface area contributed by atoms with E-state index in [4.69, 9.17) is 0 Å². The van der Waals surface area contributed by atoms with E-state index in [1.165, 1.54) is 0 Å². The first kappa shape index (κ1) is 33.8. The minimum atomic E-state index is -3.32. The SMILES string of the molecule is Cc1ccccc1C1=C(C(=O)Nc2ccccc2)C=CC(N2CCC(F)(F)C(=CC(=O)N3CCC(N(C)C)CC3)c3ccccc32)C1=C=O. The molecule has 1 atom stereocenters. The standard InChI is InChI=1S/C40H40F2N4O3/c1-27-11-7-8-14-30(27)38-32(39(49)43-28-12-5-4-6-13-28)17-18-36(33(38)26-47)46-24-21-40(41,42)34(31-15-9-10-16-35(31)46)25-37(48)45-22-19-29(20-23-45)44(2)3/h4-18,25,29,36H,19-24H2,1-3H3,(H,43,49). The zero-order chi connectivity index (χ0) is 34.7. The van der Waals surface area contributed by atoms with Crippen molar-refractivity contribution in [1.29, 1.82) is 0 Å². The van der Waals surface area contributed by atoms with Crippen molar-refractivity contribution in [3.63, 3.8) is 0 Å². The summed E-state index contributed by atoms with van der Waals surface area (Å²) in [6.07, 6.45) is 5.44. The number of carbonyl (C=O) groups excluding carboxylic acids is 3. The number of allylic oxidation sites excluding steroid dienone is 1. The topological polar surface area (TPSA) is 73.0 Å². The highest BCUT2D eigenvalue weighted by Gasteiger charge is 2.43. The largest absolute Gasteiger partial charge is 0.359 e. The number of likely N-dealkylation sites (tertiary alicyclic amines) is 1. The Bertz CT molecular complexity index is 1880. The molecule has 2 amide bonds. The Labute approximate surface area is 285 Å². The van der Waals surface area contributed by atoms with Crippen molar-refractivity contribution in [3.8, 4) is 0 Å². The highest BCUT2D eigenvalue weighted by atomic mass is 19.3. The Morgan fingerprint density at radius 3 is 2.24 bits per heavy atom. The maximum Gasteiger partial charge on any atom is 0.275 e. The van der Waals surface area contributed by atoms with Crippen LogP contribution in [0.4, 0.5) is 20.2 Å². The third kappa shape index (κ3) is 6.91. The first-order valence-electron chi connectivity index (χ1n) is 16.6. The van der Waals surface area contributed by atoms with Gasteiger partial charge in [-0.1, -0.05) is 72.8 Å². The molecule has 0 saturated carbocycles. The van der Waals surface area contributed by atoms with Crippen molar-refractivity contribution < 1.29 is 23.2 Å². The number of aryl methyl sites for hydroxylation is 1. The number of benzene rings is 3. The summed E-state index contributed by atoms with van der Waals surface area (Å²) < 4.78 is 32.3. The van der Waals surface area contributed by atoms with Gasteiger partial charge in [-0.2, -0.15) is 0 Å². The molecule has 0 bridgehead atoms. The maximum absolute atomic E-state index is 16.2. The van der Waals surface area contributed by atoms with E-state index >= 15 is 8.78 Å². The van der Waals surface area contributed by atoms with Gasteiger partial charge in [0.15, 0.2) is 0 Å². The Morgan fingerprint density at radius 1 is 0.918 bits per heavy atom. The third-order valence-electron chi connectivity index (χ3n) is 9.75. The van der Waals surface area contributed by atoms with Crippen LogP contribution in [0.3, 0.4) is 0 Å². The molecule has 252 valence electrons. The minimum absolute atomic E-state index is 0.115. The summed E-state index contributed by atoms with van der Waals surface area (Å²) in [4.78, 5) is 45.8. The van der Waals surface area contributed by atoms with E-state index in [0.717, 1.165) is 24.5 Å². The fraction of sp³-hybridized carbons (Fsp3) is 0.300. The number of piperidine rings is 1. The Hall–Kier alpha value is -5.11. The van der Waals surface area contributed by atoms with Crippen LogP contribution < -0.4 is 10.2 Å². The lowest BCUT2D eigenvalue weighted by atomic mass is 9.82. The number of anilines is 2. The highest BCUT2D eigenvalue weighted by molar-refractivity contribution is 6.15. The number of rotatable bonds is 6. The van der Waals surface area contributed by atoms with Crippen LogP contribution in [0.1, 0.15) is 36.0 Å². The molecular formula is C40H40F2N4O3. The molecule has 2 aliphatic heterocycles. The minimum Gasteiger partial charge on any atom is -0.359 e. The summed E-state index contributed by atoms with van der Waals surface area (Å²) in [5, 5.41) is 2.92. The number of halogens is 2. The number of hydrogen-bond acceptors (Lipinski definition) is 5. The molecule has 1 fully saturated rings. The van der Waals surface area contributed by atoms with Crippen LogP contribution in [0.25, 0.3) is 11.1 Å². The number of nitrogens with zero attached hydrogens (tertiary/aromatic N) is 3. The van der Waals surface area contributed by atoms with E-state index in [0.29, 0.717) is 41.6 Å². The summed E-state index contributed by atoms with van der Waals surface area (Å²) in [6, 6.07) is 22.8. The van der Waals surface area contributed by atoms with Crippen molar-refractivity contribution in [2.75, 3.05) is 43.9 Å². The average Bonchev–Trinajstić information content (AvgIpc) is 3.21. The second-order valence-electron chi connectivity index (χ2n) is 13.0. The molecule has 3 aromatic carbocycles. The second-order valence-corrected chi connectivity index (χ2v) is 13.0. The van der Waals surface area contributed by atoms with Crippen molar-refractivity contribution in [3.05, 3.63) is 125 Å². The van der Waals surface area contributed by atoms with Crippen LogP contribution in [0, 0.1) is 6.92 Å². The molecule has 1 aliphatic carbocycles. The number of hydrogen-bond donors (Lipinski definition) is 1. The van der Waals surface area contributed by atoms with E-state index in [2.05, 4.69) is 16.2 Å². The second kappa shape index (κ2) is 14.2. The first-order chi connectivity index (χ1) is 23.6. The molecule has 1 unspecified atom stereocenters.